The smallest absolute Gasteiger partial charge is 0.100 e. The van der Waals surface area contributed by atoms with Crippen molar-refractivity contribution in [3.8, 4) is 0 Å². The fourth-order valence-electron chi connectivity index (χ4n) is 4.04. The zero-order valence-electron chi connectivity index (χ0n) is 14.2. The summed E-state index contributed by atoms with van der Waals surface area (Å²) in [5, 5.41) is 5.24. The van der Waals surface area contributed by atoms with Crippen LogP contribution >= 0.6 is 0 Å². The Balaban J connectivity index is 1.66. The van der Waals surface area contributed by atoms with Crippen LogP contribution in [0, 0.1) is 0 Å². The van der Waals surface area contributed by atoms with Crippen molar-refractivity contribution in [3.63, 3.8) is 0 Å². The van der Waals surface area contributed by atoms with E-state index in [0.717, 1.165) is 6.42 Å². The monoisotopic (exact) mass is 318 g/mol. The molecule has 0 aliphatic heterocycles. The van der Waals surface area contributed by atoms with Crippen LogP contribution in [-0.2, 0) is 0 Å². The highest BCUT2D eigenvalue weighted by molar-refractivity contribution is 6.88. The summed E-state index contributed by atoms with van der Waals surface area (Å²) in [6, 6.07) is 31.0. The summed E-state index contributed by atoms with van der Waals surface area (Å²) >= 11 is 0. The SMILES string of the molecule is C=C1CC1B(c1ccc2ccccc2c1)c1ccc2ccccc2c1. The van der Waals surface area contributed by atoms with Gasteiger partial charge >= 0.3 is 0 Å². The highest BCUT2D eigenvalue weighted by Crippen LogP contribution is 2.44. The second kappa shape index (κ2) is 5.63. The summed E-state index contributed by atoms with van der Waals surface area (Å²) in [6.45, 7) is 4.65. The fraction of sp³-hybridized carbons (Fsp3) is 0.0833. The van der Waals surface area contributed by atoms with Crippen LogP contribution in [0.1, 0.15) is 6.42 Å². The van der Waals surface area contributed by atoms with Gasteiger partial charge in [0.1, 0.15) is 0 Å². The molecule has 1 aliphatic rings. The second-order valence-electron chi connectivity index (χ2n) is 7.16. The summed E-state index contributed by atoms with van der Waals surface area (Å²) in [5.41, 5.74) is 4.18. The molecule has 0 bridgehead atoms. The number of rotatable bonds is 3. The molecule has 0 heterocycles. The van der Waals surface area contributed by atoms with Crippen molar-refractivity contribution in [1.82, 2.24) is 0 Å². The molecular formula is C24H19B. The van der Waals surface area contributed by atoms with Gasteiger partial charge in [-0.25, -0.2) is 0 Å². The number of hydrogen-bond acceptors (Lipinski definition) is 0. The van der Waals surface area contributed by atoms with Crippen molar-refractivity contribution < 1.29 is 0 Å². The minimum atomic E-state index is 0.404. The molecule has 1 fully saturated rings. The molecule has 0 nitrogen and oxygen atoms in total. The van der Waals surface area contributed by atoms with Crippen molar-refractivity contribution in [3.05, 3.63) is 97.1 Å². The summed E-state index contributed by atoms with van der Waals surface area (Å²) in [7, 11) is 0. The van der Waals surface area contributed by atoms with Gasteiger partial charge in [-0.2, -0.15) is 0 Å². The molecule has 0 spiro atoms. The lowest BCUT2D eigenvalue weighted by Crippen LogP contribution is -2.42. The molecule has 1 atom stereocenters. The van der Waals surface area contributed by atoms with Gasteiger partial charge in [-0.3, -0.25) is 0 Å². The molecule has 4 aromatic rings. The predicted molar refractivity (Wildman–Crippen MR) is 110 cm³/mol. The summed E-state index contributed by atoms with van der Waals surface area (Å²) in [6.07, 6.45) is 1.14. The largest absolute Gasteiger partial charge is 0.216 e. The maximum Gasteiger partial charge on any atom is 0.216 e. The third-order valence-corrected chi connectivity index (χ3v) is 5.51. The van der Waals surface area contributed by atoms with Gasteiger partial charge in [-0.1, -0.05) is 101 Å². The van der Waals surface area contributed by atoms with E-state index >= 15 is 0 Å². The molecule has 0 amide bonds. The normalized spacial score (nSPS) is 16.3. The van der Waals surface area contributed by atoms with Crippen LogP contribution in [-0.4, -0.2) is 6.71 Å². The molecule has 1 heteroatoms. The Morgan fingerprint density at radius 3 is 1.52 bits per heavy atom. The highest BCUT2D eigenvalue weighted by Gasteiger charge is 2.40. The lowest BCUT2D eigenvalue weighted by molar-refractivity contribution is 1.44. The van der Waals surface area contributed by atoms with E-state index in [9.17, 15) is 0 Å². The van der Waals surface area contributed by atoms with Crippen molar-refractivity contribution in [2.45, 2.75) is 12.2 Å². The van der Waals surface area contributed by atoms with E-state index in [1.165, 1.54) is 38.0 Å². The molecule has 25 heavy (non-hydrogen) atoms. The van der Waals surface area contributed by atoms with Crippen LogP contribution in [0.3, 0.4) is 0 Å². The van der Waals surface area contributed by atoms with Gasteiger partial charge in [-0.05, 0) is 33.8 Å². The van der Waals surface area contributed by atoms with Crippen LogP contribution in [0.2, 0.25) is 5.82 Å². The third kappa shape index (κ3) is 2.57. The van der Waals surface area contributed by atoms with Crippen LogP contribution in [0.25, 0.3) is 21.5 Å². The van der Waals surface area contributed by atoms with Crippen LogP contribution in [0.4, 0.5) is 0 Å². The Hall–Kier alpha value is -2.80. The van der Waals surface area contributed by atoms with Gasteiger partial charge in [0.15, 0.2) is 0 Å². The Bertz CT molecular complexity index is 1030. The molecule has 1 saturated carbocycles. The van der Waals surface area contributed by atoms with E-state index in [2.05, 4.69) is 91.5 Å². The maximum atomic E-state index is 4.24. The van der Waals surface area contributed by atoms with Crippen molar-refractivity contribution in [2.24, 2.45) is 0 Å². The minimum absolute atomic E-state index is 0.404. The van der Waals surface area contributed by atoms with Crippen LogP contribution in [0.15, 0.2) is 97.1 Å². The Labute approximate surface area is 148 Å². The van der Waals surface area contributed by atoms with Gasteiger partial charge in [0.05, 0.1) is 0 Å². The number of fused-ring (bicyclic) bond motifs is 2. The van der Waals surface area contributed by atoms with E-state index in [4.69, 9.17) is 0 Å². The zero-order valence-corrected chi connectivity index (χ0v) is 14.2. The molecule has 0 saturated heterocycles. The van der Waals surface area contributed by atoms with Crippen molar-refractivity contribution in [2.75, 3.05) is 0 Å². The minimum Gasteiger partial charge on any atom is -0.100 e. The van der Waals surface area contributed by atoms with E-state index in [0.29, 0.717) is 12.5 Å². The quantitative estimate of drug-likeness (QED) is 0.371. The van der Waals surface area contributed by atoms with E-state index in [1.54, 1.807) is 0 Å². The molecule has 0 aromatic heterocycles. The number of allylic oxidation sites excluding steroid dienone is 1. The van der Waals surface area contributed by atoms with Gasteiger partial charge in [0.2, 0.25) is 6.71 Å². The van der Waals surface area contributed by atoms with E-state index < -0.39 is 0 Å². The van der Waals surface area contributed by atoms with E-state index in [-0.39, 0.29) is 0 Å². The van der Waals surface area contributed by atoms with Crippen molar-refractivity contribution >= 4 is 39.2 Å². The third-order valence-electron chi connectivity index (χ3n) is 5.51. The molecule has 4 aromatic carbocycles. The number of benzene rings is 4. The molecule has 0 N–H and O–H groups in total. The van der Waals surface area contributed by atoms with E-state index in [1.807, 2.05) is 0 Å². The molecule has 0 radical (unpaired) electrons. The van der Waals surface area contributed by atoms with Crippen LogP contribution in [0.5, 0.6) is 0 Å². The standard InChI is InChI=1S/C24H19B/c1-17-14-24(17)25(22-12-10-18-6-2-4-8-20(18)15-22)23-13-11-19-7-3-5-9-21(19)16-23/h2-13,15-16,24H,1,14H2. The van der Waals surface area contributed by atoms with Gasteiger partial charge in [-0.15, -0.1) is 6.58 Å². The molecule has 5 rings (SSSR count). The lowest BCUT2D eigenvalue weighted by atomic mass is 9.37. The summed E-state index contributed by atoms with van der Waals surface area (Å²) in [5.74, 6) is 0.572. The average Bonchev–Trinajstić information content (AvgIpc) is 3.37. The first-order valence-corrected chi connectivity index (χ1v) is 8.95. The predicted octanol–water partition coefficient (Wildman–Crippen LogP) is 4.93. The molecule has 118 valence electrons. The van der Waals surface area contributed by atoms with Crippen LogP contribution < -0.4 is 10.9 Å². The Morgan fingerprint density at radius 1 is 0.640 bits per heavy atom. The first kappa shape index (κ1) is 14.5. The van der Waals surface area contributed by atoms with Gasteiger partial charge in [0.25, 0.3) is 0 Å². The maximum absolute atomic E-state index is 4.24. The molecule has 1 aliphatic carbocycles. The second-order valence-corrected chi connectivity index (χ2v) is 7.16. The van der Waals surface area contributed by atoms with Crippen molar-refractivity contribution in [1.29, 1.82) is 0 Å². The highest BCUT2D eigenvalue weighted by atomic mass is 14.3. The lowest BCUT2D eigenvalue weighted by Gasteiger charge is -2.15. The fourth-order valence-corrected chi connectivity index (χ4v) is 4.04. The first-order chi connectivity index (χ1) is 12.3. The summed E-state index contributed by atoms with van der Waals surface area (Å²) < 4.78 is 0. The zero-order chi connectivity index (χ0) is 16.8. The Kier molecular flexibility index (Phi) is 3.28. The topological polar surface area (TPSA) is 0 Å². The van der Waals surface area contributed by atoms with Gasteiger partial charge in [0, 0.05) is 0 Å². The average molecular weight is 318 g/mol. The summed E-state index contributed by atoms with van der Waals surface area (Å²) in [4.78, 5) is 0. The molecular weight excluding hydrogens is 299 g/mol. The van der Waals surface area contributed by atoms with Gasteiger partial charge < -0.3 is 0 Å². The molecule has 1 unspecified atom stereocenters. The first-order valence-electron chi connectivity index (χ1n) is 8.95. The Morgan fingerprint density at radius 2 is 1.08 bits per heavy atom. The number of hydrogen-bond donors (Lipinski definition) is 0.